The number of hydrogen-bond donors (Lipinski definition) is 1. The van der Waals surface area contributed by atoms with Gasteiger partial charge in [0.1, 0.15) is 5.82 Å². The number of imidazole rings is 1. The lowest BCUT2D eigenvalue weighted by Gasteiger charge is -2.26. The van der Waals surface area contributed by atoms with E-state index in [1.807, 2.05) is 14.0 Å². The molecular formula is C12H22N4O2S. The molecule has 1 N–H and O–H groups in total. The van der Waals surface area contributed by atoms with Crippen LogP contribution in [0.15, 0.2) is 11.2 Å². The minimum absolute atomic E-state index is 0.0484. The van der Waals surface area contributed by atoms with E-state index in [2.05, 4.69) is 10.3 Å². The Morgan fingerprint density at radius 1 is 1.58 bits per heavy atom. The average molecular weight is 286 g/mol. The summed E-state index contributed by atoms with van der Waals surface area (Å²) in [6.45, 7) is 5.95. The Labute approximate surface area is 114 Å². The molecule has 2 heterocycles. The first-order valence-corrected chi connectivity index (χ1v) is 8.13. The molecule has 1 atom stereocenters. The molecule has 0 saturated carbocycles. The smallest absolute Gasteiger partial charge is 0.262 e. The second kappa shape index (κ2) is 5.60. The molecule has 6 nitrogen and oxygen atoms in total. The van der Waals surface area contributed by atoms with Gasteiger partial charge in [-0.05, 0) is 26.3 Å². The van der Waals surface area contributed by atoms with Crippen molar-refractivity contribution in [1.29, 1.82) is 0 Å². The molecule has 0 spiro atoms. The summed E-state index contributed by atoms with van der Waals surface area (Å²) in [4.78, 5) is 4.17. The second-order valence-corrected chi connectivity index (χ2v) is 6.84. The van der Waals surface area contributed by atoms with Crippen LogP contribution in [0.4, 0.5) is 0 Å². The van der Waals surface area contributed by atoms with Gasteiger partial charge in [0.25, 0.3) is 10.0 Å². The maximum absolute atomic E-state index is 12.7. The van der Waals surface area contributed by atoms with Gasteiger partial charge in [0.15, 0.2) is 5.03 Å². The molecule has 1 fully saturated rings. The maximum Gasteiger partial charge on any atom is 0.262 e. The van der Waals surface area contributed by atoms with Crippen LogP contribution in [0.1, 0.15) is 25.6 Å². The van der Waals surface area contributed by atoms with Gasteiger partial charge in [0.05, 0.1) is 0 Å². The van der Waals surface area contributed by atoms with Gasteiger partial charge in [-0.15, -0.1) is 0 Å². The molecule has 7 heteroatoms. The first-order valence-electron chi connectivity index (χ1n) is 6.69. The molecule has 1 aromatic heterocycles. The van der Waals surface area contributed by atoms with E-state index in [1.54, 1.807) is 22.0 Å². The Kier molecular flexibility index (Phi) is 4.27. The number of aryl methyl sites for hydroxylation is 2. The van der Waals surface area contributed by atoms with Gasteiger partial charge in [-0.2, -0.15) is 4.31 Å². The Hall–Kier alpha value is -0.920. The molecule has 0 bridgehead atoms. The van der Waals surface area contributed by atoms with Crippen molar-refractivity contribution in [3.8, 4) is 0 Å². The zero-order valence-electron chi connectivity index (χ0n) is 11.8. The summed E-state index contributed by atoms with van der Waals surface area (Å²) < 4.78 is 28.7. The van der Waals surface area contributed by atoms with Crippen molar-refractivity contribution in [3.63, 3.8) is 0 Å². The summed E-state index contributed by atoms with van der Waals surface area (Å²) in [5, 5.41) is 3.38. The first kappa shape index (κ1) is 14.5. The van der Waals surface area contributed by atoms with E-state index in [-0.39, 0.29) is 11.1 Å². The molecular weight excluding hydrogens is 264 g/mol. The standard InChI is InChI=1S/C12H22N4O2S/c1-4-7-16(11-5-6-13-8-11)19(17,18)12-9-15(3)10(2)14-12/h9,11,13H,4-8H2,1-3H3/t11-/m1/s1. The summed E-state index contributed by atoms with van der Waals surface area (Å²) in [5.74, 6) is 0.708. The van der Waals surface area contributed by atoms with Crippen molar-refractivity contribution in [2.24, 2.45) is 7.05 Å². The van der Waals surface area contributed by atoms with Gasteiger partial charge in [-0.25, -0.2) is 13.4 Å². The van der Waals surface area contributed by atoms with Crippen LogP contribution in [0.3, 0.4) is 0 Å². The van der Waals surface area contributed by atoms with Crippen molar-refractivity contribution in [3.05, 3.63) is 12.0 Å². The van der Waals surface area contributed by atoms with E-state index in [9.17, 15) is 8.42 Å². The van der Waals surface area contributed by atoms with Crippen molar-refractivity contribution >= 4 is 10.0 Å². The normalized spacial score (nSPS) is 20.3. The van der Waals surface area contributed by atoms with E-state index >= 15 is 0 Å². The molecule has 0 unspecified atom stereocenters. The summed E-state index contributed by atoms with van der Waals surface area (Å²) in [6, 6.07) is 0.0484. The summed E-state index contributed by atoms with van der Waals surface area (Å²) >= 11 is 0. The number of nitrogens with one attached hydrogen (secondary N) is 1. The van der Waals surface area contributed by atoms with Gasteiger partial charge < -0.3 is 9.88 Å². The lowest BCUT2D eigenvalue weighted by atomic mass is 10.2. The Morgan fingerprint density at radius 3 is 2.79 bits per heavy atom. The predicted octanol–water partition coefficient (Wildman–Crippen LogP) is 0.491. The molecule has 1 aromatic rings. The third kappa shape index (κ3) is 2.82. The van der Waals surface area contributed by atoms with Crippen molar-refractivity contribution in [2.45, 2.75) is 37.8 Å². The lowest BCUT2D eigenvalue weighted by Crippen LogP contribution is -2.42. The van der Waals surface area contributed by atoms with Crippen molar-refractivity contribution in [1.82, 2.24) is 19.2 Å². The molecule has 1 saturated heterocycles. The number of rotatable bonds is 5. The Morgan fingerprint density at radius 2 is 2.32 bits per heavy atom. The van der Waals surface area contributed by atoms with Crippen LogP contribution in [-0.4, -0.2) is 48.0 Å². The minimum Gasteiger partial charge on any atom is -0.337 e. The monoisotopic (exact) mass is 286 g/mol. The number of sulfonamides is 1. The van der Waals surface area contributed by atoms with Crippen LogP contribution in [-0.2, 0) is 17.1 Å². The number of hydrogen-bond acceptors (Lipinski definition) is 4. The van der Waals surface area contributed by atoms with Crippen LogP contribution < -0.4 is 5.32 Å². The highest BCUT2D eigenvalue weighted by Gasteiger charge is 2.34. The fourth-order valence-electron chi connectivity index (χ4n) is 2.38. The fourth-order valence-corrected chi connectivity index (χ4v) is 4.15. The molecule has 2 rings (SSSR count). The predicted molar refractivity (Wildman–Crippen MR) is 73.4 cm³/mol. The number of aromatic nitrogens is 2. The highest BCUT2D eigenvalue weighted by atomic mass is 32.2. The summed E-state index contributed by atoms with van der Waals surface area (Å²) in [7, 11) is -1.68. The van der Waals surface area contributed by atoms with Crippen LogP contribution in [0.25, 0.3) is 0 Å². The molecule has 0 aliphatic carbocycles. The Bertz CT molecular complexity index is 512. The second-order valence-electron chi connectivity index (χ2n) is 5.00. The van der Waals surface area contributed by atoms with Crippen LogP contribution in [0, 0.1) is 6.92 Å². The highest BCUT2D eigenvalue weighted by Crippen LogP contribution is 2.20. The molecule has 108 valence electrons. The molecule has 1 aliphatic rings. The molecule has 19 heavy (non-hydrogen) atoms. The van der Waals surface area contributed by atoms with E-state index in [4.69, 9.17) is 0 Å². The topological polar surface area (TPSA) is 67.2 Å². The van der Waals surface area contributed by atoms with Gasteiger partial charge in [0.2, 0.25) is 0 Å². The van der Waals surface area contributed by atoms with Gasteiger partial charge in [-0.1, -0.05) is 6.92 Å². The van der Waals surface area contributed by atoms with E-state index in [0.29, 0.717) is 12.4 Å². The van der Waals surface area contributed by atoms with Crippen molar-refractivity contribution in [2.75, 3.05) is 19.6 Å². The summed E-state index contributed by atoms with van der Waals surface area (Å²) in [5.41, 5.74) is 0. The molecule has 1 aliphatic heterocycles. The van der Waals surface area contributed by atoms with Gasteiger partial charge >= 0.3 is 0 Å². The molecule has 0 radical (unpaired) electrons. The molecule has 0 aromatic carbocycles. The third-order valence-electron chi connectivity index (χ3n) is 3.55. The van der Waals surface area contributed by atoms with Gasteiger partial charge in [-0.3, -0.25) is 0 Å². The summed E-state index contributed by atoms with van der Waals surface area (Å²) in [6.07, 6.45) is 3.27. The highest BCUT2D eigenvalue weighted by molar-refractivity contribution is 7.89. The fraction of sp³-hybridized carbons (Fsp3) is 0.750. The Balaban J connectivity index is 2.33. The zero-order chi connectivity index (χ0) is 14.0. The van der Waals surface area contributed by atoms with Gasteiger partial charge in [0, 0.05) is 32.4 Å². The minimum atomic E-state index is -3.49. The van der Waals surface area contributed by atoms with Crippen molar-refractivity contribution < 1.29 is 8.42 Å². The van der Waals surface area contributed by atoms with Crippen LogP contribution >= 0.6 is 0 Å². The SMILES string of the molecule is CCCN([C@@H]1CCNC1)S(=O)(=O)c1cn(C)c(C)n1. The average Bonchev–Trinajstić information content (AvgIpc) is 2.97. The molecule has 0 amide bonds. The quantitative estimate of drug-likeness (QED) is 0.855. The maximum atomic E-state index is 12.7. The third-order valence-corrected chi connectivity index (χ3v) is 5.37. The van der Waals surface area contributed by atoms with E-state index in [0.717, 1.165) is 25.9 Å². The van der Waals surface area contributed by atoms with E-state index in [1.165, 1.54) is 0 Å². The first-order chi connectivity index (χ1) is 8.96. The lowest BCUT2D eigenvalue weighted by molar-refractivity contribution is 0.334. The van der Waals surface area contributed by atoms with Crippen LogP contribution in [0.2, 0.25) is 0 Å². The zero-order valence-corrected chi connectivity index (χ0v) is 12.6. The number of nitrogens with zero attached hydrogens (tertiary/aromatic N) is 3. The largest absolute Gasteiger partial charge is 0.337 e. The van der Waals surface area contributed by atoms with Crippen LogP contribution in [0.5, 0.6) is 0 Å². The van der Waals surface area contributed by atoms with E-state index < -0.39 is 10.0 Å².